The molecule has 2 amide bonds. The van der Waals surface area contributed by atoms with Crippen LogP contribution in [0.2, 0.25) is 0 Å². The van der Waals surface area contributed by atoms with Gasteiger partial charge in [-0.2, -0.15) is 0 Å². The number of nitrogens with zero attached hydrogens (tertiary/aromatic N) is 1. The SMILES string of the molecule is CCOC1CCN(C(=O)NC(c2ccc(F)cc2)C2CCC2)CC1. The lowest BCUT2D eigenvalue weighted by Crippen LogP contribution is -2.48. The quantitative estimate of drug-likeness (QED) is 0.888. The topological polar surface area (TPSA) is 41.6 Å². The van der Waals surface area contributed by atoms with Crippen LogP contribution in [0.4, 0.5) is 9.18 Å². The van der Waals surface area contributed by atoms with Crippen LogP contribution >= 0.6 is 0 Å². The summed E-state index contributed by atoms with van der Waals surface area (Å²) in [4.78, 5) is 14.5. The Morgan fingerprint density at radius 1 is 1.25 bits per heavy atom. The zero-order valence-corrected chi connectivity index (χ0v) is 14.3. The van der Waals surface area contributed by atoms with E-state index in [9.17, 15) is 9.18 Å². The van der Waals surface area contributed by atoms with Gasteiger partial charge in [0.15, 0.2) is 0 Å². The summed E-state index contributed by atoms with van der Waals surface area (Å²) >= 11 is 0. The van der Waals surface area contributed by atoms with E-state index in [1.54, 1.807) is 12.1 Å². The number of halogens is 1. The Kier molecular flexibility index (Phi) is 5.72. The molecule has 2 fully saturated rings. The fourth-order valence-corrected chi connectivity index (χ4v) is 3.60. The Hall–Kier alpha value is -1.62. The number of rotatable bonds is 5. The van der Waals surface area contributed by atoms with Crippen molar-refractivity contribution < 1.29 is 13.9 Å². The van der Waals surface area contributed by atoms with Crippen molar-refractivity contribution >= 4 is 6.03 Å². The molecule has 1 atom stereocenters. The van der Waals surface area contributed by atoms with Gasteiger partial charge in [-0.15, -0.1) is 0 Å². The minimum Gasteiger partial charge on any atom is -0.378 e. The van der Waals surface area contributed by atoms with Gasteiger partial charge in [-0.25, -0.2) is 9.18 Å². The van der Waals surface area contributed by atoms with E-state index >= 15 is 0 Å². The van der Waals surface area contributed by atoms with E-state index in [1.807, 2.05) is 11.8 Å². The van der Waals surface area contributed by atoms with E-state index in [-0.39, 0.29) is 24.0 Å². The summed E-state index contributed by atoms with van der Waals surface area (Å²) < 4.78 is 18.8. The van der Waals surface area contributed by atoms with Crippen molar-refractivity contribution in [1.29, 1.82) is 0 Å². The average Bonchev–Trinajstić information content (AvgIpc) is 2.54. The Balaban J connectivity index is 1.60. The second kappa shape index (κ2) is 7.97. The number of benzene rings is 1. The molecule has 5 heteroatoms. The highest BCUT2D eigenvalue weighted by Gasteiger charge is 2.32. The van der Waals surface area contributed by atoms with Gasteiger partial charge in [-0.3, -0.25) is 0 Å². The van der Waals surface area contributed by atoms with Crippen LogP contribution in [0, 0.1) is 11.7 Å². The highest BCUT2D eigenvalue weighted by atomic mass is 19.1. The van der Waals surface area contributed by atoms with Crippen molar-refractivity contribution in [2.24, 2.45) is 5.92 Å². The second-order valence-electron chi connectivity index (χ2n) is 6.81. The number of amides is 2. The van der Waals surface area contributed by atoms with E-state index in [0.717, 1.165) is 50.9 Å². The summed E-state index contributed by atoms with van der Waals surface area (Å²) in [6, 6.07) is 6.50. The van der Waals surface area contributed by atoms with Crippen molar-refractivity contribution in [2.75, 3.05) is 19.7 Å². The molecule has 1 aliphatic heterocycles. The van der Waals surface area contributed by atoms with E-state index in [0.29, 0.717) is 5.92 Å². The molecule has 0 bridgehead atoms. The molecule has 1 heterocycles. The summed E-state index contributed by atoms with van der Waals surface area (Å²) in [5.74, 6) is 0.218. The largest absolute Gasteiger partial charge is 0.378 e. The minimum atomic E-state index is -0.240. The molecule has 4 nitrogen and oxygen atoms in total. The van der Waals surface area contributed by atoms with Gasteiger partial charge >= 0.3 is 6.03 Å². The summed E-state index contributed by atoms with van der Waals surface area (Å²) in [5, 5.41) is 3.19. The number of hydrogen-bond acceptors (Lipinski definition) is 2. The third-order valence-electron chi connectivity index (χ3n) is 5.26. The van der Waals surface area contributed by atoms with Crippen LogP contribution in [0.5, 0.6) is 0 Å². The average molecular weight is 334 g/mol. The fourth-order valence-electron chi connectivity index (χ4n) is 3.60. The van der Waals surface area contributed by atoms with Crippen LogP contribution in [-0.2, 0) is 4.74 Å². The number of nitrogens with one attached hydrogen (secondary N) is 1. The molecule has 1 unspecified atom stereocenters. The molecule has 1 N–H and O–H groups in total. The molecule has 1 aromatic carbocycles. The molecule has 1 aliphatic carbocycles. The maximum absolute atomic E-state index is 13.2. The standard InChI is InChI=1S/C19H27FN2O2/c1-2-24-17-10-12-22(13-11-17)19(23)21-18(14-4-3-5-14)15-6-8-16(20)9-7-15/h6-9,14,17-18H,2-5,10-13H2,1H3,(H,21,23). The van der Waals surface area contributed by atoms with Gasteiger partial charge < -0.3 is 15.0 Å². The third kappa shape index (κ3) is 4.07. The van der Waals surface area contributed by atoms with Crippen LogP contribution in [0.1, 0.15) is 50.6 Å². The van der Waals surface area contributed by atoms with Crippen LogP contribution < -0.4 is 5.32 Å². The highest BCUT2D eigenvalue weighted by molar-refractivity contribution is 5.75. The smallest absolute Gasteiger partial charge is 0.317 e. The van der Waals surface area contributed by atoms with Crippen molar-refractivity contribution in [1.82, 2.24) is 10.2 Å². The van der Waals surface area contributed by atoms with Crippen LogP contribution in [-0.4, -0.2) is 36.7 Å². The van der Waals surface area contributed by atoms with E-state index in [2.05, 4.69) is 5.32 Å². The van der Waals surface area contributed by atoms with E-state index in [1.165, 1.54) is 18.6 Å². The van der Waals surface area contributed by atoms with E-state index in [4.69, 9.17) is 4.74 Å². The first-order valence-electron chi connectivity index (χ1n) is 9.10. The molecule has 132 valence electrons. The summed E-state index contributed by atoms with van der Waals surface area (Å²) in [6.45, 7) is 4.20. The Morgan fingerprint density at radius 3 is 2.46 bits per heavy atom. The molecule has 0 radical (unpaired) electrons. The number of piperidine rings is 1. The second-order valence-corrected chi connectivity index (χ2v) is 6.81. The maximum atomic E-state index is 13.2. The molecule has 0 spiro atoms. The van der Waals surface area contributed by atoms with Gasteiger partial charge in [-0.1, -0.05) is 18.6 Å². The fraction of sp³-hybridized carbons (Fsp3) is 0.632. The maximum Gasteiger partial charge on any atom is 0.317 e. The summed E-state index contributed by atoms with van der Waals surface area (Å²) in [7, 11) is 0. The third-order valence-corrected chi connectivity index (χ3v) is 5.26. The zero-order valence-electron chi connectivity index (χ0n) is 14.3. The van der Waals surface area contributed by atoms with Crippen LogP contribution in [0.25, 0.3) is 0 Å². The molecular weight excluding hydrogens is 307 g/mol. The van der Waals surface area contributed by atoms with Crippen LogP contribution in [0.3, 0.4) is 0 Å². The first kappa shape index (κ1) is 17.2. The van der Waals surface area contributed by atoms with Crippen molar-refractivity contribution in [3.8, 4) is 0 Å². The minimum absolute atomic E-state index is 0.00817. The molecule has 24 heavy (non-hydrogen) atoms. The van der Waals surface area contributed by atoms with Gasteiger partial charge in [0, 0.05) is 19.7 Å². The van der Waals surface area contributed by atoms with Gasteiger partial charge in [0.25, 0.3) is 0 Å². The number of hydrogen-bond donors (Lipinski definition) is 1. The van der Waals surface area contributed by atoms with Crippen LogP contribution in [0.15, 0.2) is 24.3 Å². The van der Waals surface area contributed by atoms with Crippen molar-refractivity contribution in [2.45, 2.75) is 51.2 Å². The Morgan fingerprint density at radius 2 is 1.92 bits per heavy atom. The van der Waals surface area contributed by atoms with Gasteiger partial charge in [0.05, 0.1) is 12.1 Å². The first-order valence-corrected chi connectivity index (χ1v) is 9.10. The lowest BCUT2D eigenvalue weighted by molar-refractivity contribution is 0.0214. The lowest BCUT2D eigenvalue weighted by atomic mass is 9.77. The van der Waals surface area contributed by atoms with Crippen molar-refractivity contribution in [3.05, 3.63) is 35.6 Å². The van der Waals surface area contributed by atoms with Gasteiger partial charge in [0.1, 0.15) is 5.82 Å². The molecule has 2 aliphatic rings. The number of carbonyl (C=O) groups is 1. The molecule has 1 saturated carbocycles. The summed E-state index contributed by atoms with van der Waals surface area (Å²) in [6.07, 6.45) is 5.51. The number of urea groups is 1. The highest BCUT2D eigenvalue weighted by Crippen LogP contribution is 2.38. The van der Waals surface area contributed by atoms with Crippen molar-refractivity contribution in [3.63, 3.8) is 0 Å². The molecular formula is C19H27FN2O2. The lowest BCUT2D eigenvalue weighted by Gasteiger charge is -2.37. The molecule has 3 rings (SSSR count). The number of carbonyl (C=O) groups excluding carboxylic acids is 1. The number of likely N-dealkylation sites (tertiary alicyclic amines) is 1. The van der Waals surface area contributed by atoms with Gasteiger partial charge in [-0.05, 0) is 56.2 Å². The number of ether oxygens (including phenoxy) is 1. The first-order chi connectivity index (χ1) is 11.7. The Bertz CT molecular complexity index is 537. The van der Waals surface area contributed by atoms with E-state index < -0.39 is 0 Å². The predicted octanol–water partition coefficient (Wildman–Crippen LogP) is 3.88. The normalized spacial score (nSPS) is 20.5. The monoisotopic (exact) mass is 334 g/mol. The molecule has 1 saturated heterocycles. The Labute approximate surface area is 143 Å². The zero-order chi connectivity index (χ0) is 16.9. The molecule has 1 aromatic rings. The molecule has 0 aromatic heterocycles. The summed E-state index contributed by atoms with van der Waals surface area (Å²) in [5.41, 5.74) is 0.999. The van der Waals surface area contributed by atoms with Gasteiger partial charge in [0.2, 0.25) is 0 Å². The predicted molar refractivity (Wildman–Crippen MR) is 91.2 cm³/mol.